The minimum Gasteiger partial charge on any atom is -0.480 e. The summed E-state index contributed by atoms with van der Waals surface area (Å²) in [5.41, 5.74) is 0. The molecule has 1 N–H and O–H groups in total. The van der Waals surface area contributed by atoms with Gasteiger partial charge in [0.15, 0.2) is 0 Å². The Kier molecular flexibility index (Phi) is 2.70. The van der Waals surface area contributed by atoms with E-state index in [2.05, 4.69) is 15.9 Å². The van der Waals surface area contributed by atoms with Gasteiger partial charge in [-0.1, -0.05) is 28.1 Å². The molecule has 1 unspecified atom stereocenters. The van der Waals surface area contributed by atoms with Crippen molar-refractivity contribution in [2.45, 2.75) is 4.95 Å². The van der Waals surface area contributed by atoms with Crippen molar-refractivity contribution in [3.05, 3.63) is 24.4 Å². The summed E-state index contributed by atoms with van der Waals surface area (Å²) in [6, 6.07) is 0. The van der Waals surface area contributed by atoms with Crippen LogP contribution in [0.1, 0.15) is 0 Å². The van der Waals surface area contributed by atoms with E-state index >= 15 is 0 Å². The normalized spacial score (nSPS) is 22.3. The molecule has 0 aromatic carbocycles. The van der Waals surface area contributed by atoms with Gasteiger partial charge in [0.25, 0.3) is 0 Å². The molecular formula is C7H8BrNO2. The van der Waals surface area contributed by atoms with E-state index in [0.717, 1.165) is 0 Å². The number of alkyl halides is 1. The Morgan fingerprint density at radius 3 is 2.91 bits per heavy atom. The summed E-state index contributed by atoms with van der Waals surface area (Å²) < 4.78 is 0. The van der Waals surface area contributed by atoms with Crippen LogP contribution in [0.25, 0.3) is 0 Å². The second kappa shape index (κ2) is 3.57. The molecule has 0 aromatic heterocycles. The Balaban J connectivity index is 2.52. The quantitative estimate of drug-likeness (QED) is 0.558. The average molecular weight is 218 g/mol. The van der Waals surface area contributed by atoms with Crippen molar-refractivity contribution in [3.8, 4) is 0 Å². The number of carboxylic acids is 1. The first-order chi connectivity index (χ1) is 5.20. The van der Waals surface area contributed by atoms with Crippen molar-refractivity contribution in [2.75, 3.05) is 6.54 Å². The Hall–Kier alpha value is -0.770. The summed E-state index contributed by atoms with van der Waals surface area (Å²) in [5, 5.41) is 8.46. The second-order valence-electron chi connectivity index (χ2n) is 2.17. The van der Waals surface area contributed by atoms with Crippen molar-refractivity contribution in [2.24, 2.45) is 0 Å². The number of carboxylic acid groups (broad SMARTS) is 1. The van der Waals surface area contributed by atoms with E-state index in [-0.39, 0.29) is 11.5 Å². The van der Waals surface area contributed by atoms with Crippen LogP contribution in [0.3, 0.4) is 0 Å². The highest BCUT2D eigenvalue weighted by Gasteiger charge is 2.12. The maximum Gasteiger partial charge on any atom is 0.323 e. The van der Waals surface area contributed by atoms with Crippen LogP contribution in [-0.4, -0.2) is 27.5 Å². The maximum absolute atomic E-state index is 10.3. The molecule has 0 amide bonds. The smallest absolute Gasteiger partial charge is 0.323 e. The highest BCUT2D eigenvalue weighted by Crippen LogP contribution is 2.12. The largest absolute Gasteiger partial charge is 0.480 e. The van der Waals surface area contributed by atoms with Gasteiger partial charge in [0.2, 0.25) is 0 Å². The van der Waals surface area contributed by atoms with Gasteiger partial charge in [0, 0.05) is 6.20 Å². The van der Waals surface area contributed by atoms with Gasteiger partial charge in [-0.05, 0) is 6.08 Å². The summed E-state index contributed by atoms with van der Waals surface area (Å²) >= 11 is 3.31. The summed E-state index contributed by atoms with van der Waals surface area (Å²) in [5.74, 6) is -0.825. The van der Waals surface area contributed by atoms with Gasteiger partial charge >= 0.3 is 5.97 Å². The molecule has 0 aromatic rings. The fourth-order valence-electron chi connectivity index (χ4n) is 0.805. The van der Waals surface area contributed by atoms with Crippen LogP contribution in [0, 0.1) is 0 Å². The molecule has 3 nitrogen and oxygen atoms in total. The van der Waals surface area contributed by atoms with Crippen LogP contribution in [0.2, 0.25) is 0 Å². The van der Waals surface area contributed by atoms with Gasteiger partial charge in [-0.25, -0.2) is 0 Å². The molecule has 0 radical (unpaired) electrons. The number of carbonyl (C=O) groups is 1. The molecule has 0 saturated heterocycles. The monoisotopic (exact) mass is 217 g/mol. The molecule has 0 spiro atoms. The fraction of sp³-hybridized carbons (Fsp3) is 0.286. The van der Waals surface area contributed by atoms with Crippen LogP contribution in [0.4, 0.5) is 0 Å². The van der Waals surface area contributed by atoms with Gasteiger partial charge < -0.3 is 10.0 Å². The maximum atomic E-state index is 10.3. The third-order valence-corrected chi connectivity index (χ3v) is 2.12. The summed E-state index contributed by atoms with van der Waals surface area (Å²) in [7, 11) is 0. The number of allylic oxidation sites excluding steroid dienone is 2. The molecule has 0 aliphatic carbocycles. The van der Waals surface area contributed by atoms with Gasteiger partial charge in [0.1, 0.15) is 11.5 Å². The number of hydrogen-bond donors (Lipinski definition) is 1. The Bertz CT molecular complexity index is 212. The Labute approximate surface area is 73.1 Å². The number of aliphatic carboxylic acids is 1. The third-order valence-electron chi connectivity index (χ3n) is 1.29. The van der Waals surface area contributed by atoms with Gasteiger partial charge in [0.05, 0.1) is 0 Å². The lowest BCUT2D eigenvalue weighted by molar-refractivity contribution is -0.137. The molecule has 0 saturated carbocycles. The topological polar surface area (TPSA) is 40.5 Å². The SMILES string of the molecule is O=C(O)CN1C=CC=CC1Br. The van der Waals surface area contributed by atoms with Crippen LogP contribution in [-0.2, 0) is 4.79 Å². The van der Waals surface area contributed by atoms with E-state index in [1.165, 1.54) is 0 Å². The molecule has 0 fully saturated rings. The van der Waals surface area contributed by atoms with Crippen LogP contribution in [0.5, 0.6) is 0 Å². The molecule has 11 heavy (non-hydrogen) atoms. The first-order valence-corrected chi connectivity index (χ1v) is 4.08. The van der Waals surface area contributed by atoms with E-state index in [0.29, 0.717) is 0 Å². The first-order valence-electron chi connectivity index (χ1n) is 3.17. The number of rotatable bonds is 2. The standard InChI is InChI=1S/C7H8BrNO2/c8-6-3-1-2-4-9(6)5-7(10)11/h1-4,6H,5H2,(H,10,11). The number of nitrogens with zero attached hydrogens (tertiary/aromatic N) is 1. The molecule has 1 aliphatic rings. The zero-order chi connectivity index (χ0) is 8.27. The van der Waals surface area contributed by atoms with Crippen molar-refractivity contribution in [1.29, 1.82) is 0 Å². The third kappa shape index (κ3) is 2.38. The van der Waals surface area contributed by atoms with E-state index in [1.54, 1.807) is 17.2 Å². The zero-order valence-corrected chi connectivity index (χ0v) is 7.36. The number of halogens is 1. The highest BCUT2D eigenvalue weighted by molar-refractivity contribution is 9.09. The lowest BCUT2D eigenvalue weighted by atomic mass is 10.3. The lowest BCUT2D eigenvalue weighted by Gasteiger charge is -2.23. The molecule has 0 bridgehead atoms. The molecule has 4 heteroatoms. The van der Waals surface area contributed by atoms with E-state index in [9.17, 15) is 4.79 Å². The lowest BCUT2D eigenvalue weighted by Crippen LogP contribution is -2.30. The molecule has 1 rings (SSSR count). The van der Waals surface area contributed by atoms with Crippen molar-refractivity contribution in [1.82, 2.24) is 4.90 Å². The molecule has 1 atom stereocenters. The predicted octanol–water partition coefficient (Wildman–Crippen LogP) is 1.18. The molecule has 1 aliphatic heterocycles. The Morgan fingerprint density at radius 2 is 2.36 bits per heavy atom. The highest BCUT2D eigenvalue weighted by atomic mass is 79.9. The van der Waals surface area contributed by atoms with E-state index < -0.39 is 5.97 Å². The number of hydrogen-bond acceptors (Lipinski definition) is 2. The molecule has 60 valence electrons. The first kappa shape index (κ1) is 8.33. The average Bonchev–Trinajstić information content (AvgIpc) is 1.93. The van der Waals surface area contributed by atoms with Gasteiger partial charge in [-0.15, -0.1) is 0 Å². The van der Waals surface area contributed by atoms with Crippen molar-refractivity contribution >= 4 is 21.9 Å². The molecule has 1 heterocycles. The summed E-state index contributed by atoms with van der Waals surface area (Å²) in [6.07, 6.45) is 7.30. The summed E-state index contributed by atoms with van der Waals surface area (Å²) in [4.78, 5) is 12.0. The van der Waals surface area contributed by atoms with Crippen LogP contribution in [0.15, 0.2) is 24.4 Å². The Morgan fingerprint density at radius 1 is 1.64 bits per heavy atom. The van der Waals surface area contributed by atoms with E-state index in [1.807, 2.05) is 12.2 Å². The van der Waals surface area contributed by atoms with Crippen LogP contribution >= 0.6 is 15.9 Å². The fourth-order valence-corrected chi connectivity index (χ4v) is 1.26. The summed E-state index contributed by atoms with van der Waals surface area (Å²) in [6.45, 7) is 0.0246. The molecular weight excluding hydrogens is 210 g/mol. The van der Waals surface area contributed by atoms with Crippen molar-refractivity contribution in [3.63, 3.8) is 0 Å². The minimum absolute atomic E-state index is 0.00333. The van der Waals surface area contributed by atoms with Gasteiger partial charge in [-0.3, -0.25) is 4.79 Å². The van der Waals surface area contributed by atoms with Gasteiger partial charge in [-0.2, -0.15) is 0 Å². The predicted molar refractivity (Wildman–Crippen MR) is 45.3 cm³/mol. The minimum atomic E-state index is -0.825. The van der Waals surface area contributed by atoms with Crippen LogP contribution < -0.4 is 0 Å². The van der Waals surface area contributed by atoms with Crippen molar-refractivity contribution < 1.29 is 9.90 Å². The second-order valence-corrected chi connectivity index (χ2v) is 3.10. The van der Waals surface area contributed by atoms with E-state index in [4.69, 9.17) is 5.11 Å². The zero-order valence-electron chi connectivity index (χ0n) is 5.77.